The Balaban J connectivity index is 2.68. The quantitative estimate of drug-likeness (QED) is 0.624. The zero-order valence-corrected chi connectivity index (χ0v) is 10.9. The lowest BCUT2D eigenvalue weighted by Gasteiger charge is -2.19. The van der Waals surface area contributed by atoms with Crippen molar-refractivity contribution in [2.24, 2.45) is 0 Å². The Bertz CT molecular complexity index is 394. The van der Waals surface area contributed by atoms with E-state index in [1.165, 1.54) is 0 Å². The third kappa shape index (κ3) is 3.52. The van der Waals surface area contributed by atoms with Gasteiger partial charge in [0.05, 0.1) is 0 Å². The van der Waals surface area contributed by atoms with Gasteiger partial charge < -0.3 is 10.2 Å². The van der Waals surface area contributed by atoms with Gasteiger partial charge in [-0.15, -0.1) is 0 Å². The minimum Gasteiger partial charge on any atom is -0.366 e. The van der Waals surface area contributed by atoms with Crippen LogP contribution in [0.25, 0.3) is 0 Å². The highest BCUT2D eigenvalue weighted by atomic mass is 32.1. The van der Waals surface area contributed by atoms with Crippen LogP contribution in [0, 0.1) is 0 Å². The van der Waals surface area contributed by atoms with E-state index >= 15 is 0 Å². The molecule has 0 saturated heterocycles. The Hall–Kier alpha value is -1.03. The minimum atomic E-state index is -2.25. The van der Waals surface area contributed by atoms with Gasteiger partial charge in [-0.3, -0.25) is 0 Å². The van der Waals surface area contributed by atoms with Crippen LogP contribution in [0.2, 0.25) is 0 Å². The molecular weight excluding hydrogens is 243 g/mol. The van der Waals surface area contributed by atoms with E-state index in [0.717, 1.165) is 5.56 Å². The number of hydrogen-bond acceptors (Lipinski definition) is 2. The first-order valence-corrected chi connectivity index (χ1v) is 6.34. The van der Waals surface area contributed by atoms with Crippen LogP contribution in [0.1, 0.15) is 5.56 Å². The fourth-order valence-electron chi connectivity index (χ4n) is 1.27. The van der Waals surface area contributed by atoms with E-state index in [1.807, 2.05) is 24.1 Å². The highest BCUT2D eigenvalue weighted by molar-refractivity contribution is 7.80. The molecule has 2 N–H and O–H groups in total. The number of rotatable bonds is 3. The van der Waals surface area contributed by atoms with E-state index in [-0.39, 0.29) is 0 Å². The van der Waals surface area contributed by atoms with Crippen molar-refractivity contribution in [2.75, 3.05) is 14.1 Å². The average molecular weight is 257 g/mol. The molecule has 1 aromatic rings. The van der Waals surface area contributed by atoms with Crippen molar-refractivity contribution < 1.29 is 9.46 Å². The molecule has 1 atom stereocenters. The maximum absolute atomic E-state index is 10.8. The van der Waals surface area contributed by atoms with Crippen LogP contribution >= 0.6 is 20.2 Å². The fraction of sp³-hybridized carbons (Fsp3) is 0.300. The lowest BCUT2D eigenvalue weighted by Crippen LogP contribution is -2.34. The van der Waals surface area contributed by atoms with Crippen LogP contribution in [0.5, 0.6) is 0 Å². The van der Waals surface area contributed by atoms with Gasteiger partial charge in [-0.25, -0.2) is 0 Å². The maximum Gasteiger partial charge on any atom is 0.546 e. The Kier molecular flexibility index (Phi) is 4.80. The van der Waals surface area contributed by atoms with Crippen LogP contribution in [0.3, 0.4) is 0 Å². The summed E-state index contributed by atoms with van der Waals surface area (Å²) >= 11 is 5.07. The normalized spacial score (nSPS) is 10.8. The number of benzene rings is 1. The summed E-state index contributed by atoms with van der Waals surface area (Å²) < 4.78 is 10.8. The smallest absolute Gasteiger partial charge is 0.366 e. The summed E-state index contributed by atoms with van der Waals surface area (Å²) in [5, 5.41) is 3.99. The Morgan fingerprint density at radius 3 is 2.50 bits per heavy atom. The molecule has 0 bridgehead atoms. The number of hydrogen-bond donors (Lipinski definition) is 2. The fourth-order valence-corrected chi connectivity index (χ4v) is 1.73. The largest absolute Gasteiger partial charge is 0.546 e. The van der Waals surface area contributed by atoms with Gasteiger partial charge in [0.1, 0.15) is 0 Å². The first-order chi connectivity index (χ1) is 7.54. The minimum absolute atomic E-state index is 0.442. The molecule has 0 spiro atoms. The molecule has 4 nitrogen and oxygen atoms in total. The summed E-state index contributed by atoms with van der Waals surface area (Å²) in [5.74, 6) is 0. The Labute approximate surface area is 101 Å². The van der Waals surface area contributed by atoms with Crippen LogP contribution in [-0.2, 0) is 11.1 Å². The second kappa shape index (κ2) is 5.89. The van der Waals surface area contributed by atoms with Crippen molar-refractivity contribution in [3.05, 3.63) is 29.8 Å². The molecule has 0 saturated carbocycles. The van der Waals surface area contributed by atoms with Crippen LogP contribution in [0.4, 0.5) is 0 Å². The van der Waals surface area contributed by atoms with E-state index in [1.54, 1.807) is 19.2 Å². The summed E-state index contributed by atoms with van der Waals surface area (Å²) in [6, 6.07) is 6.97. The highest BCUT2D eigenvalue weighted by Crippen LogP contribution is 2.13. The molecule has 0 aliphatic rings. The molecule has 0 radical (unpaired) electrons. The van der Waals surface area contributed by atoms with Gasteiger partial charge in [0.2, 0.25) is 5.30 Å². The van der Waals surface area contributed by atoms with Gasteiger partial charge >= 0.3 is 8.03 Å². The van der Waals surface area contributed by atoms with Crippen LogP contribution < -0.4 is 10.6 Å². The first kappa shape index (κ1) is 13.0. The van der Waals surface area contributed by atoms with E-state index in [2.05, 4.69) is 5.32 Å². The molecule has 86 valence electrons. The molecule has 16 heavy (non-hydrogen) atoms. The molecule has 0 aromatic heterocycles. The van der Waals surface area contributed by atoms with Crippen molar-refractivity contribution in [3.63, 3.8) is 0 Å². The zero-order chi connectivity index (χ0) is 12.1. The van der Waals surface area contributed by atoms with E-state index in [0.29, 0.717) is 17.0 Å². The van der Waals surface area contributed by atoms with Crippen molar-refractivity contribution in [1.82, 2.24) is 10.2 Å². The summed E-state index contributed by atoms with van der Waals surface area (Å²) in [5.41, 5.74) is 1.04. The molecule has 0 fully saturated rings. The second-order valence-electron chi connectivity index (χ2n) is 3.35. The SMILES string of the molecule is CNC(=S)N(C)Cc1ccc([P+](=O)O)cc1. The Morgan fingerprint density at radius 2 is 2.06 bits per heavy atom. The summed E-state index contributed by atoms with van der Waals surface area (Å²) in [6.45, 7) is 0.669. The lowest BCUT2D eigenvalue weighted by atomic mass is 10.2. The molecule has 1 rings (SSSR count). The third-order valence-electron chi connectivity index (χ3n) is 2.14. The number of thiocarbonyl (C=S) groups is 1. The van der Waals surface area contributed by atoms with E-state index in [9.17, 15) is 4.57 Å². The van der Waals surface area contributed by atoms with Gasteiger partial charge in [0.25, 0.3) is 0 Å². The van der Waals surface area contributed by atoms with Gasteiger partial charge in [-0.2, -0.15) is 4.89 Å². The predicted octanol–water partition coefficient (Wildman–Crippen LogP) is 0.983. The number of nitrogens with one attached hydrogen (secondary N) is 1. The van der Waals surface area contributed by atoms with Gasteiger partial charge in [0.15, 0.2) is 5.11 Å². The van der Waals surface area contributed by atoms with Gasteiger partial charge in [-0.05, 0) is 34.5 Å². The van der Waals surface area contributed by atoms with Crippen molar-refractivity contribution in [3.8, 4) is 0 Å². The Morgan fingerprint density at radius 1 is 1.50 bits per heavy atom. The molecule has 0 amide bonds. The van der Waals surface area contributed by atoms with Crippen molar-refractivity contribution in [1.29, 1.82) is 0 Å². The molecular formula is C10H14N2O2PS+. The maximum atomic E-state index is 10.8. The zero-order valence-electron chi connectivity index (χ0n) is 9.17. The van der Waals surface area contributed by atoms with Crippen molar-refractivity contribution in [2.45, 2.75) is 6.54 Å². The number of nitrogens with zero attached hydrogens (tertiary/aromatic N) is 1. The second-order valence-corrected chi connectivity index (χ2v) is 4.80. The van der Waals surface area contributed by atoms with Gasteiger partial charge in [-0.1, -0.05) is 12.1 Å². The van der Waals surface area contributed by atoms with Crippen molar-refractivity contribution >= 4 is 30.7 Å². The standard InChI is InChI=1S/C10H13N2O2PS/c1-11-10(16)12(2)7-8-3-5-9(6-4-8)15(13)14/h3-6H,7H2,1-2H3,(H-,11,13,14,16)/p+1. The third-order valence-corrected chi connectivity index (χ3v) is 3.39. The lowest BCUT2D eigenvalue weighted by molar-refractivity contribution is 0.495. The highest BCUT2D eigenvalue weighted by Gasteiger charge is 2.15. The molecule has 6 heteroatoms. The molecule has 0 aliphatic heterocycles. The molecule has 1 unspecified atom stereocenters. The monoisotopic (exact) mass is 257 g/mol. The van der Waals surface area contributed by atoms with Crippen LogP contribution in [-0.4, -0.2) is 29.0 Å². The first-order valence-electron chi connectivity index (χ1n) is 4.72. The van der Waals surface area contributed by atoms with Gasteiger partial charge in [0, 0.05) is 20.6 Å². The topological polar surface area (TPSA) is 52.6 Å². The van der Waals surface area contributed by atoms with Crippen LogP contribution in [0.15, 0.2) is 24.3 Å². The summed E-state index contributed by atoms with van der Waals surface area (Å²) in [6.07, 6.45) is 0. The molecule has 0 aliphatic carbocycles. The van der Waals surface area contributed by atoms with E-state index in [4.69, 9.17) is 17.1 Å². The summed E-state index contributed by atoms with van der Waals surface area (Å²) in [7, 11) is 1.42. The summed E-state index contributed by atoms with van der Waals surface area (Å²) in [4.78, 5) is 10.8. The van der Waals surface area contributed by atoms with E-state index < -0.39 is 8.03 Å². The predicted molar refractivity (Wildman–Crippen MR) is 69.0 cm³/mol. The molecule has 0 heterocycles. The molecule has 1 aromatic carbocycles. The average Bonchev–Trinajstić information content (AvgIpc) is 2.28.